The largest absolute Gasteiger partial charge is 0.396 e. The molecule has 1 unspecified atom stereocenters. The summed E-state index contributed by atoms with van der Waals surface area (Å²) in [5.74, 6) is -1.09. The number of halogens is 3. The van der Waals surface area contributed by atoms with Crippen LogP contribution in [0.3, 0.4) is 0 Å². The second-order valence-electron chi connectivity index (χ2n) is 4.34. The van der Waals surface area contributed by atoms with E-state index in [1.165, 1.54) is 18.2 Å². The molecule has 4 heteroatoms. The molecule has 0 radical (unpaired) electrons. The topological polar surface area (TPSA) is 20.2 Å². The van der Waals surface area contributed by atoms with Crippen LogP contribution in [0, 0.1) is 11.6 Å². The highest BCUT2D eigenvalue weighted by atomic mass is 79.9. The predicted molar refractivity (Wildman–Crippen MR) is 74.0 cm³/mol. The molecule has 0 aliphatic rings. The van der Waals surface area contributed by atoms with Crippen LogP contribution < -0.4 is 0 Å². The van der Waals surface area contributed by atoms with Gasteiger partial charge in [-0.25, -0.2) is 8.78 Å². The molecular weight excluding hydrogens is 314 g/mol. The van der Waals surface area contributed by atoms with Crippen molar-refractivity contribution in [2.45, 2.75) is 12.3 Å². The maximum Gasteiger partial charge on any atom is 0.126 e. The predicted octanol–water partition coefficient (Wildman–Crippen LogP) is 4.05. The van der Waals surface area contributed by atoms with Gasteiger partial charge in [0.05, 0.1) is 6.61 Å². The van der Waals surface area contributed by atoms with Crippen molar-refractivity contribution in [2.75, 3.05) is 6.61 Å². The average molecular weight is 327 g/mol. The van der Waals surface area contributed by atoms with E-state index in [2.05, 4.69) is 15.9 Å². The minimum Gasteiger partial charge on any atom is -0.396 e. The van der Waals surface area contributed by atoms with Gasteiger partial charge in [-0.1, -0.05) is 34.1 Å². The van der Waals surface area contributed by atoms with E-state index in [0.717, 1.165) is 4.47 Å². The second-order valence-corrected chi connectivity index (χ2v) is 5.20. The lowest BCUT2D eigenvalue weighted by atomic mass is 9.92. The summed E-state index contributed by atoms with van der Waals surface area (Å²) in [4.78, 5) is 0. The van der Waals surface area contributed by atoms with E-state index in [4.69, 9.17) is 0 Å². The first-order valence-corrected chi connectivity index (χ1v) is 6.70. The van der Waals surface area contributed by atoms with E-state index in [-0.39, 0.29) is 24.2 Å². The normalized spacial score (nSPS) is 12.4. The van der Waals surface area contributed by atoms with Gasteiger partial charge in [0, 0.05) is 10.4 Å². The van der Waals surface area contributed by atoms with Crippen molar-refractivity contribution in [2.24, 2.45) is 0 Å². The lowest BCUT2D eigenvalue weighted by Gasteiger charge is -2.16. The van der Waals surface area contributed by atoms with Crippen LogP contribution in [0.15, 0.2) is 46.9 Å². The number of aliphatic hydroxyl groups is 1. The van der Waals surface area contributed by atoms with Gasteiger partial charge in [-0.2, -0.15) is 0 Å². The van der Waals surface area contributed by atoms with E-state index >= 15 is 0 Å². The van der Waals surface area contributed by atoms with Gasteiger partial charge in [0.1, 0.15) is 11.6 Å². The summed E-state index contributed by atoms with van der Waals surface area (Å²) < 4.78 is 27.7. The fourth-order valence-corrected chi connectivity index (χ4v) is 2.45. The molecule has 0 amide bonds. The molecule has 1 nitrogen and oxygen atoms in total. The zero-order valence-corrected chi connectivity index (χ0v) is 11.7. The van der Waals surface area contributed by atoms with Crippen molar-refractivity contribution in [1.82, 2.24) is 0 Å². The zero-order valence-electron chi connectivity index (χ0n) is 10.1. The minimum atomic E-state index is -0.390. The number of aliphatic hydroxyl groups excluding tert-OH is 1. The average Bonchev–Trinajstić information content (AvgIpc) is 2.41. The van der Waals surface area contributed by atoms with Crippen molar-refractivity contribution < 1.29 is 13.9 Å². The summed E-state index contributed by atoms with van der Waals surface area (Å²) in [5.41, 5.74) is 1.16. The molecule has 0 bridgehead atoms. The van der Waals surface area contributed by atoms with Gasteiger partial charge >= 0.3 is 0 Å². The fourth-order valence-electron chi connectivity index (χ4n) is 2.04. The molecule has 0 aliphatic carbocycles. The van der Waals surface area contributed by atoms with Crippen LogP contribution in [0.5, 0.6) is 0 Å². The van der Waals surface area contributed by atoms with Crippen molar-refractivity contribution >= 4 is 15.9 Å². The Morgan fingerprint density at radius 3 is 2.53 bits per heavy atom. The van der Waals surface area contributed by atoms with Crippen molar-refractivity contribution in [3.8, 4) is 0 Å². The highest BCUT2D eigenvalue weighted by Crippen LogP contribution is 2.27. The Morgan fingerprint density at radius 2 is 1.84 bits per heavy atom. The molecule has 0 spiro atoms. The van der Waals surface area contributed by atoms with Crippen LogP contribution in [0.4, 0.5) is 8.78 Å². The van der Waals surface area contributed by atoms with Crippen LogP contribution in [-0.2, 0) is 6.42 Å². The quantitative estimate of drug-likeness (QED) is 0.898. The third-order valence-corrected chi connectivity index (χ3v) is 3.81. The summed E-state index contributed by atoms with van der Waals surface area (Å²) in [5, 5.41) is 9.45. The number of hydrogen-bond acceptors (Lipinski definition) is 1. The molecule has 0 aliphatic heterocycles. The molecule has 0 saturated heterocycles. The molecule has 19 heavy (non-hydrogen) atoms. The third-order valence-electron chi connectivity index (χ3n) is 3.04. The maximum absolute atomic E-state index is 13.7. The highest BCUT2D eigenvalue weighted by Gasteiger charge is 2.16. The van der Waals surface area contributed by atoms with Gasteiger partial charge in [0.2, 0.25) is 0 Å². The van der Waals surface area contributed by atoms with Crippen molar-refractivity contribution in [3.05, 3.63) is 69.7 Å². The summed E-state index contributed by atoms with van der Waals surface area (Å²) in [6.45, 7) is -0.191. The summed E-state index contributed by atoms with van der Waals surface area (Å²) in [6.07, 6.45) is 0.371. The molecule has 2 aromatic carbocycles. The number of rotatable bonds is 4. The Balaban J connectivity index is 2.29. The first kappa shape index (κ1) is 14.2. The van der Waals surface area contributed by atoms with Crippen molar-refractivity contribution in [3.63, 3.8) is 0 Å². The van der Waals surface area contributed by atoms with Gasteiger partial charge in [0.15, 0.2) is 0 Å². The van der Waals surface area contributed by atoms with E-state index in [0.29, 0.717) is 17.5 Å². The molecule has 1 atom stereocenters. The number of benzene rings is 2. The highest BCUT2D eigenvalue weighted by molar-refractivity contribution is 9.10. The van der Waals surface area contributed by atoms with Gasteiger partial charge in [-0.15, -0.1) is 0 Å². The van der Waals surface area contributed by atoms with Crippen molar-refractivity contribution in [1.29, 1.82) is 0 Å². The van der Waals surface area contributed by atoms with Gasteiger partial charge in [0.25, 0.3) is 0 Å². The molecule has 0 fully saturated rings. The minimum absolute atomic E-state index is 0.191. The van der Waals surface area contributed by atoms with E-state index in [1.807, 2.05) is 0 Å². The maximum atomic E-state index is 13.7. The van der Waals surface area contributed by atoms with Crippen LogP contribution >= 0.6 is 15.9 Å². The Labute approximate surface area is 119 Å². The molecule has 0 aromatic heterocycles. The summed E-state index contributed by atoms with van der Waals surface area (Å²) in [7, 11) is 0. The van der Waals surface area contributed by atoms with Crippen LogP contribution in [0.25, 0.3) is 0 Å². The molecular formula is C15H13BrF2O. The van der Waals surface area contributed by atoms with Crippen LogP contribution in [0.2, 0.25) is 0 Å². The molecule has 0 saturated carbocycles. The van der Waals surface area contributed by atoms with Gasteiger partial charge in [-0.05, 0) is 41.8 Å². The van der Waals surface area contributed by atoms with E-state index in [9.17, 15) is 13.9 Å². The molecule has 2 aromatic rings. The summed E-state index contributed by atoms with van der Waals surface area (Å²) >= 11 is 3.34. The Kier molecular flexibility index (Phi) is 4.66. The lowest BCUT2D eigenvalue weighted by Crippen LogP contribution is -2.10. The van der Waals surface area contributed by atoms with Gasteiger partial charge < -0.3 is 5.11 Å². The molecule has 1 N–H and O–H groups in total. The monoisotopic (exact) mass is 326 g/mol. The van der Waals surface area contributed by atoms with Gasteiger partial charge in [-0.3, -0.25) is 0 Å². The smallest absolute Gasteiger partial charge is 0.126 e. The fraction of sp³-hybridized carbons (Fsp3) is 0.200. The first-order chi connectivity index (χ1) is 9.11. The SMILES string of the molecule is OCC(Cc1cc(F)ccc1Br)c1ccccc1F. The first-order valence-electron chi connectivity index (χ1n) is 5.91. The summed E-state index contributed by atoms with van der Waals surface area (Å²) in [6, 6.07) is 10.7. The third kappa shape index (κ3) is 3.39. The Hall–Kier alpha value is -1.26. The zero-order chi connectivity index (χ0) is 13.8. The second kappa shape index (κ2) is 6.26. The van der Waals surface area contributed by atoms with E-state index in [1.54, 1.807) is 24.3 Å². The molecule has 2 rings (SSSR count). The molecule has 100 valence electrons. The lowest BCUT2D eigenvalue weighted by molar-refractivity contribution is 0.261. The Morgan fingerprint density at radius 1 is 1.11 bits per heavy atom. The van der Waals surface area contributed by atoms with E-state index < -0.39 is 0 Å². The van der Waals surface area contributed by atoms with Crippen LogP contribution in [0.1, 0.15) is 17.0 Å². The van der Waals surface area contributed by atoms with Crippen LogP contribution in [-0.4, -0.2) is 11.7 Å². The standard InChI is InChI=1S/C15H13BrF2O/c16-14-6-5-12(17)8-10(14)7-11(9-19)13-3-1-2-4-15(13)18/h1-6,8,11,19H,7,9H2. The molecule has 0 heterocycles. The Bertz CT molecular complexity index is 572. The number of hydrogen-bond donors (Lipinski definition) is 1.